The molecule has 1 aliphatic heterocycles. The quantitative estimate of drug-likeness (QED) is 0.601. The van der Waals surface area contributed by atoms with E-state index in [-0.39, 0.29) is 18.5 Å². The number of epoxide rings is 1. The highest BCUT2D eigenvalue weighted by atomic mass is 35.5. The Hall–Kier alpha value is -0.540. The third-order valence-corrected chi connectivity index (χ3v) is 1.82. The second kappa shape index (κ2) is 2.83. The van der Waals surface area contributed by atoms with Crippen LogP contribution in [0.5, 0.6) is 0 Å². The topological polar surface area (TPSA) is 30.4 Å². The van der Waals surface area contributed by atoms with Crippen LogP contribution < -0.4 is 0 Å². The van der Waals surface area contributed by atoms with Crippen molar-refractivity contribution in [1.29, 1.82) is 0 Å². The van der Waals surface area contributed by atoms with Crippen LogP contribution in [0, 0.1) is 0 Å². The van der Waals surface area contributed by atoms with E-state index in [1.165, 1.54) is 0 Å². The normalized spacial score (nSPS) is 27.8. The number of aromatic nitrogens is 2. The predicted molar refractivity (Wildman–Crippen MR) is 43.7 cm³/mol. The second-order valence-electron chi connectivity index (χ2n) is 2.66. The smallest absolute Gasteiger partial charge is 0.142 e. The lowest BCUT2D eigenvalue weighted by Gasteiger charge is -1.93. The fourth-order valence-electron chi connectivity index (χ4n) is 1.11. The summed E-state index contributed by atoms with van der Waals surface area (Å²) < 4.78 is 7.25. The number of aryl methyl sites for hydroxylation is 1. The Bertz CT molecular complexity index is 248. The minimum absolute atomic E-state index is 0. The molecular formula is C7H11ClN2O. The Morgan fingerprint density at radius 2 is 2.27 bits per heavy atom. The van der Waals surface area contributed by atoms with Crippen molar-refractivity contribution in [3.8, 4) is 0 Å². The number of nitrogens with zero attached hydrogens (tertiary/aromatic N) is 2. The average Bonchev–Trinajstić information content (AvgIpc) is 2.42. The summed E-state index contributed by atoms with van der Waals surface area (Å²) in [4.78, 5) is 4.17. The summed E-state index contributed by atoms with van der Waals surface area (Å²) in [6, 6.07) is 0. The van der Waals surface area contributed by atoms with Gasteiger partial charge in [-0.15, -0.1) is 12.4 Å². The molecule has 2 unspecified atom stereocenters. The van der Waals surface area contributed by atoms with Crippen LogP contribution in [0.15, 0.2) is 12.4 Å². The zero-order valence-electron chi connectivity index (χ0n) is 6.52. The van der Waals surface area contributed by atoms with Gasteiger partial charge in [0, 0.05) is 19.4 Å². The van der Waals surface area contributed by atoms with Gasteiger partial charge >= 0.3 is 0 Å². The van der Waals surface area contributed by atoms with Gasteiger partial charge < -0.3 is 9.30 Å². The van der Waals surface area contributed by atoms with E-state index < -0.39 is 0 Å². The number of imidazole rings is 1. The molecule has 4 heteroatoms. The van der Waals surface area contributed by atoms with E-state index in [9.17, 15) is 0 Å². The van der Waals surface area contributed by atoms with Gasteiger partial charge in [0.2, 0.25) is 0 Å². The van der Waals surface area contributed by atoms with Gasteiger partial charge in [0.15, 0.2) is 0 Å². The summed E-state index contributed by atoms with van der Waals surface area (Å²) in [6.45, 7) is 2.05. The second-order valence-corrected chi connectivity index (χ2v) is 2.66. The van der Waals surface area contributed by atoms with Gasteiger partial charge in [0.1, 0.15) is 11.9 Å². The SMILES string of the molecule is CC1OC1c1nccn1C.Cl. The molecule has 0 aromatic carbocycles. The molecule has 62 valence electrons. The van der Waals surface area contributed by atoms with E-state index in [1.807, 2.05) is 17.8 Å². The van der Waals surface area contributed by atoms with Crippen LogP contribution in [0.4, 0.5) is 0 Å². The molecule has 1 aromatic rings. The van der Waals surface area contributed by atoms with Crippen molar-refractivity contribution in [3.63, 3.8) is 0 Å². The molecule has 0 radical (unpaired) electrons. The lowest BCUT2D eigenvalue weighted by molar-refractivity contribution is 0.374. The highest BCUT2D eigenvalue weighted by Gasteiger charge is 2.38. The number of hydrogen-bond acceptors (Lipinski definition) is 2. The Kier molecular flexibility index (Phi) is 2.20. The Morgan fingerprint density at radius 3 is 2.64 bits per heavy atom. The highest BCUT2D eigenvalue weighted by molar-refractivity contribution is 5.85. The molecule has 0 aliphatic carbocycles. The van der Waals surface area contributed by atoms with Crippen LogP contribution in [0.1, 0.15) is 18.9 Å². The Balaban J connectivity index is 0.000000605. The molecule has 0 amide bonds. The van der Waals surface area contributed by atoms with Crippen LogP contribution in [0.3, 0.4) is 0 Å². The molecule has 2 rings (SSSR count). The molecule has 1 fully saturated rings. The first-order chi connectivity index (χ1) is 4.79. The van der Waals surface area contributed by atoms with Crippen LogP contribution in [0.2, 0.25) is 0 Å². The van der Waals surface area contributed by atoms with Crippen molar-refractivity contribution in [3.05, 3.63) is 18.2 Å². The van der Waals surface area contributed by atoms with Crippen LogP contribution in [-0.4, -0.2) is 15.7 Å². The van der Waals surface area contributed by atoms with Gasteiger partial charge in [-0.1, -0.05) is 0 Å². The van der Waals surface area contributed by atoms with Crippen molar-refractivity contribution in [2.75, 3.05) is 0 Å². The van der Waals surface area contributed by atoms with Crippen LogP contribution in [0.25, 0.3) is 0 Å². The summed E-state index contributed by atoms with van der Waals surface area (Å²) >= 11 is 0. The molecule has 0 bridgehead atoms. The maximum absolute atomic E-state index is 5.26. The maximum atomic E-state index is 5.26. The van der Waals surface area contributed by atoms with Crippen molar-refractivity contribution in [2.24, 2.45) is 7.05 Å². The summed E-state index contributed by atoms with van der Waals surface area (Å²) in [6.07, 6.45) is 4.34. The number of ether oxygens (including phenoxy) is 1. The summed E-state index contributed by atoms with van der Waals surface area (Å²) in [5, 5.41) is 0. The molecule has 2 atom stereocenters. The van der Waals surface area contributed by atoms with Crippen molar-refractivity contribution in [2.45, 2.75) is 19.1 Å². The van der Waals surface area contributed by atoms with E-state index in [2.05, 4.69) is 11.9 Å². The van der Waals surface area contributed by atoms with Gasteiger partial charge in [0.25, 0.3) is 0 Å². The average molecular weight is 175 g/mol. The number of rotatable bonds is 1. The Labute approximate surface area is 71.8 Å². The number of hydrogen-bond donors (Lipinski definition) is 0. The first-order valence-corrected chi connectivity index (χ1v) is 3.41. The summed E-state index contributed by atoms with van der Waals surface area (Å²) in [7, 11) is 1.98. The van der Waals surface area contributed by atoms with Gasteiger partial charge in [-0.2, -0.15) is 0 Å². The molecule has 1 aliphatic rings. The molecule has 3 nitrogen and oxygen atoms in total. The van der Waals surface area contributed by atoms with Gasteiger partial charge in [-0.05, 0) is 6.92 Å². The van der Waals surface area contributed by atoms with E-state index in [1.54, 1.807) is 6.20 Å². The molecule has 2 heterocycles. The molecule has 0 saturated carbocycles. The van der Waals surface area contributed by atoms with Gasteiger partial charge in [0.05, 0.1) is 6.10 Å². The lowest BCUT2D eigenvalue weighted by Crippen LogP contribution is -1.95. The molecule has 11 heavy (non-hydrogen) atoms. The summed E-state index contributed by atoms with van der Waals surface area (Å²) in [5.74, 6) is 1.03. The third kappa shape index (κ3) is 1.39. The molecule has 0 N–H and O–H groups in total. The minimum Gasteiger partial charge on any atom is -0.361 e. The predicted octanol–water partition coefficient (Wildman–Crippen LogP) is 1.30. The van der Waals surface area contributed by atoms with Gasteiger partial charge in [-0.25, -0.2) is 4.98 Å². The zero-order chi connectivity index (χ0) is 7.14. The van der Waals surface area contributed by atoms with Crippen LogP contribution >= 0.6 is 12.4 Å². The first-order valence-electron chi connectivity index (χ1n) is 3.41. The highest BCUT2D eigenvalue weighted by Crippen LogP contribution is 2.36. The lowest BCUT2D eigenvalue weighted by atomic mass is 10.3. The summed E-state index contributed by atoms with van der Waals surface area (Å²) in [5.41, 5.74) is 0. The maximum Gasteiger partial charge on any atom is 0.142 e. The molecule has 0 spiro atoms. The van der Waals surface area contributed by atoms with Crippen molar-refractivity contribution >= 4 is 12.4 Å². The molecule has 1 aromatic heterocycles. The van der Waals surface area contributed by atoms with Crippen molar-refractivity contribution < 1.29 is 4.74 Å². The fourth-order valence-corrected chi connectivity index (χ4v) is 1.11. The van der Waals surface area contributed by atoms with E-state index in [0.29, 0.717) is 6.10 Å². The first kappa shape index (κ1) is 8.56. The minimum atomic E-state index is 0. The molecule has 1 saturated heterocycles. The third-order valence-electron chi connectivity index (χ3n) is 1.82. The standard InChI is InChI=1S/C7H10N2O.ClH/c1-5-6(10-5)7-8-3-4-9(7)2;/h3-6H,1-2H3;1H. The Morgan fingerprint density at radius 1 is 1.64 bits per heavy atom. The van der Waals surface area contributed by atoms with Crippen LogP contribution in [-0.2, 0) is 11.8 Å². The largest absolute Gasteiger partial charge is 0.361 e. The van der Waals surface area contributed by atoms with E-state index in [0.717, 1.165) is 5.82 Å². The number of halogens is 1. The molecular weight excluding hydrogens is 164 g/mol. The van der Waals surface area contributed by atoms with E-state index >= 15 is 0 Å². The van der Waals surface area contributed by atoms with Crippen molar-refractivity contribution in [1.82, 2.24) is 9.55 Å². The zero-order valence-corrected chi connectivity index (χ0v) is 7.34. The van der Waals surface area contributed by atoms with E-state index in [4.69, 9.17) is 4.74 Å². The fraction of sp³-hybridized carbons (Fsp3) is 0.571. The monoisotopic (exact) mass is 174 g/mol. The van der Waals surface area contributed by atoms with Gasteiger partial charge in [-0.3, -0.25) is 0 Å².